The van der Waals surface area contributed by atoms with Gasteiger partial charge in [0.25, 0.3) is 0 Å². The first kappa shape index (κ1) is 6.04. The number of fused-ring (bicyclic) bond motifs is 1. The quantitative estimate of drug-likeness (QED) is 0.489. The van der Waals surface area contributed by atoms with Crippen LogP contribution in [-0.2, 0) is 4.74 Å². The molecule has 0 saturated carbocycles. The second-order valence-corrected chi connectivity index (χ2v) is 2.74. The highest BCUT2D eigenvalue weighted by Gasteiger charge is 2.26. The standard InChI is InChI=1S/C7H12N2O/c1-2-8-5-6-7(1)10-4-3-9-6/h3-4,6-9H,1-2,5H2/t6-,7+/m1/s1. The number of piperidine rings is 1. The minimum atomic E-state index is 0.395. The summed E-state index contributed by atoms with van der Waals surface area (Å²) in [7, 11) is 0. The first-order valence-corrected chi connectivity index (χ1v) is 3.74. The van der Waals surface area contributed by atoms with Crippen molar-refractivity contribution in [1.29, 1.82) is 0 Å². The van der Waals surface area contributed by atoms with Crippen LogP contribution in [0.3, 0.4) is 0 Å². The number of hydrogen-bond donors (Lipinski definition) is 2. The van der Waals surface area contributed by atoms with Crippen LogP contribution in [0.4, 0.5) is 0 Å². The number of nitrogens with one attached hydrogen (secondary N) is 2. The molecule has 0 amide bonds. The smallest absolute Gasteiger partial charge is 0.120 e. The summed E-state index contributed by atoms with van der Waals surface area (Å²) in [4.78, 5) is 0. The number of rotatable bonds is 0. The van der Waals surface area contributed by atoms with E-state index in [-0.39, 0.29) is 0 Å². The van der Waals surface area contributed by atoms with Gasteiger partial charge in [-0.25, -0.2) is 0 Å². The Morgan fingerprint density at radius 1 is 1.50 bits per heavy atom. The summed E-state index contributed by atoms with van der Waals surface area (Å²) in [6.45, 7) is 2.10. The van der Waals surface area contributed by atoms with Gasteiger partial charge in [-0.1, -0.05) is 0 Å². The average molecular weight is 140 g/mol. The summed E-state index contributed by atoms with van der Waals surface area (Å²) in [5.41, 5.74) is 0. The Morgan fingerprint density at radius 2 is 2.50 bits per heavy atom. The minimum absolute atomic E-state index is 0.395. The zero-order valence-electron chi connectivity index (χ0n) is 5.84. The lowest BCUT2D eigenvalue weighted by Gasteiger charge is -2.34. The fourth-order valence-corrected chi connectivity index (χ4v) is 1.47. The molecular weight excluding hydrogens is 128 g/mol. The van der Waals surface area contributed by atoms with E-state index in [2.05, 4.69) is 10.6 Å². The molecule has 10 heavy (non-hydrogen) atoms. The van der Waals surface area contributed by atoms with E-state index in [1.54, 1.807) is 6.26 Å². The molecule has 0 radical (unpaired) electrons. The van der Waals surface area contributed by atoms with Crippen LogP contribution in [0.25, 0.3) is 0 Å². The Kier molecular flexibility index (Phi) is 1.51. The molecule has 2 rings (SSSR count). The monoisotopic (exact) mass is 140 g/mol. The lowest BCUT2D eigenvalue weighted by atomic mass is 10.0. The highest BCUT2D eigenvalue weighted by Crippen LogP contribution is 2.11. The van der Waals surface area contributed by atoms with E-state index in [0.717, 1.165) is 19.5 Å². The second-order valence-electron chi connectivity index (χ2n) is 2.74. The van der Waals surface area contributed by atoms with Gasteiger partial charge in [-0.3, -0.25) is 0 Å². The SMILES string of the molecule is C1=CO[C@H]2CCNC[C@H]2N1. The van der Waals surface area contributed by atoms with E-state index in [9.17, 15) is 0 Å². The van der Waals surface area contributed by atoms with E-state index >= 15 is 0 Å². The van der Waals surface area contributed by atoms with Crippen LogP contribution in [0.15, 0.2) is 12.5 Å². The molecule has 0 aromatic carbocycles. The summed E-state index contributed by atoms with van der Waals surface area (Å²) < 4.78 is 5.40. The predicted octanol–water partition coefficient (Wildman–Crippen LogP) is -0.192. The maximum absolute atomic E-state index is 5.40. The van der Waals surface area contributed by atoms with Crippen molar-refractivity contribution >= 4 is 0 Å². The van der Waals surface area contributed by atoms with Gasteiger partial charge in [-0.2, -0.15) is 0 Å². The zero-order chi connectivity index (χ0) is 6.81. The molecule has 56 valence electrons. The molecule has 0 unspecified atom stereocenters. The molecule has 2 N–H and O–H groups in total. The molecule has 3 heteroatoms. The normalized spacial score (nSPS) is 37.6. The Bertz CT molecular complexity index is 131. The van der Waals surface area contributed by atoms with Gasteiger partial charge in [0.2, 0.25) is 0 Å². The van der Waals surface area contributed by atoms with Gasteiger partial charge in [-0.05, 0) is 13.0 Å². The van der Waals surface area contributed by atoms with E-state index in [0.29, 0.717) is 12.1 Å². The van der Waals surface area contributed by atoms with Crippen molar-refractivity contribution in [2.24, 2.45) is 0 Å². The molecule has 0 spiro atoms. The van der Waals surface area contributed by atoms with Crippen molar-refractivity contribution in [1.82, 2.24) is 10.6 Å². The maximum atomic E-state index is 5.40. The average Bonchev–Trinajstić information content (AvgIpc) is 2.05. The largest absolute Gasteiger partial charge is 0.494 e. The molecule has 1 saturated heterocycles. The summed E-state index contributed by atoms with van der Waals surface area (Å²) in [6, 6.07) is 0.485. The molecule has 3 nitrogen and oxygen atoms in total. The highest BCUT2D eigenvalue weighted by molar-refractivity contribution is 4.93. The first-order chi connectivity index (χ1) is 4.97. The molecule has 2 heterocycles. The summed E-state index contributed by atoms with van der Waals surface area (Å²) in [5, 5.41) is 6.56. The Labute approximate surface area is 60.4 Å². The van der Waals surface area contributed by atoms with Crippen LogP contribution in [0, 0.1) is 0 Å². The van der Waals surface area contributed by atoms with Crippen molar-refractivity contribution in [3.05, 3.63) is 12.5 Å². The molecule has 0 aliphatic carbocycles. The molecule has 0 bridgehead atoms. The first-order valence-electron chi connectivity index (χ1n) is 3.74. The van der Waals surface area contributed by atoms with Gasteiger partial charge in [0.1, 0.15) is 6.10 Å². The minimum Gasteiger partial charge on any atom is -0.494 e. The van der Waals surface area contributed by atoms with Gasteiger partial charge < -0.3 is 15.4 Å². The Morgan fingerprint density at radius 3 is 3.40 bits per heavy atom. The van der Waals surface area contributed by atoms with Crippen LogP contribution in [-0.4, -0.2) is 25.2 Å². The fraction of sp³-hybridized carbons (Fsp3) is 0.714. The summed E-state index contributed by atoms with van der Waals surface area (Å²) in [6.07, 6.45) is 5.12. The van der Waals surface area contributed by atoms with Gasteiger partial charge in [0, 0.05) is 12.7 Å². The van der Waals surface area contributed by atoms with E-state index in [4.69, 9.17) is 4.74 Å². The summed E-state index contributed by atoms with van der Waals surface area (Å²) in [5.74, 6) is 0. The third-order valence-corrected chi connectivity index (χ3v) is 2.05. The van der Waals surface area contributed by atoms with Gasteiger partial charge in [0.15, 0.2) is 0 Å². The van der Waals surface area contributed by atoms with Crippen molar-refractivity contribution in [2.45, 2.75) is 18.6 Å². The third kappa shape index (κ3) is 0.968. The summed E-state index contributed by atoms with van der Waals surface area (Å²) >= 11 is 0. The van der Waals surface area contributed by atoms with Crippen LogP contribution in [0.1, 0.15) is 6.42 Å². The Hall–Kier alpha value is -0.700. The van der Waals surface area contributed by atoms with Crippen molar-refractivity contribution in [3.8, 4) is 0 Å². The molecule has 2 aliphatic heterocycles. The lowest BCUT2D eigenvalue weighted by Crippen LogP contribution is -2.52. The second kappa shape index (κ2) is 2.50. The molecule has 2 atom stereocenters. The molecule has 0 aromatic rings. The van der Waals surface area contributed by atoms with Gasteiger partial charge in [0.05, 0.1) is 12.3 Å². The molecular formula is C7H12N2O. The van der Waals surface area contributed by atoms with Crippen molar-refractivity contribution < 1.29 is 4.74 Å². The fourth-order valence-electron chi connectivity index (χ4n) is 1.47. The van der Waals surface area contributed by atoms with Crippen molar-refractivity contribution in [2.75, 3.05) is 13.1 Å². The number of hydrogen-bond acceptors (Lipinski definition) is 3. The molecule has 1 fully saturated rings. The van der Waals surface area contributed by atoms with Crippen molar-refractivity contribution in [3.63, 3.8) is 0 Å². The predicted molar refractivity (Wildman–Crippen MR) is 38.4 cm³/mol. The van der Waals surface area contributed by atoms with Gasteiger partial charge >= 0.3 is 0 Å². The lowest BCUT2D eigenvalue weighted by molar-refractivity contribution is 0.0698. The third-order valence-electron chi connectivity index (χ3n) is 2.05. The topological polar surface area (TPSA) is 33.3 Å². The Balaban J connectivity index is 2.01. The van der Waals surface area contributed by atoms with E-state index in [1.807, 2.05) is 6.20 Å². The number of ether oxygens (including phenoxy) is 1. The van der Waals surface area contributed by atoms with Gasteiger partial charge in [-0.15, -0.1) is 0 Å². The maximum Gasteiger partial charge on any atom is 0.120 e. The van der Waals surface area contributed by atoms with E-state index in [1.165, 1.54) is 0 Å². The van der Waals surface area contributed by atoms with Crippen LogP contribution >= 0.6 is 0 Å². The molecule has 0 aromatic heterocycles. The van der Waals surface area contributed by atoms with Crippen LogP contribution in [0.5, 0.6) is 0 Å². The van der Waals surface area contributed by atoms with Crippen LogP contribution < -0.4 is 10.6 Å². The zero-order valence-corrected chi connectivity index (χ0v) is 5.84. The van der Waals surface area contributed by atoms with E-state index < -0.39 is 0 Å². The van der Waals surface area contributed by atoms with Crippen LogP contribution in [0.2, 0.25) is 0 Å². The highest BCUT2D eigenvalue weighted by atomic mass is 16.5. The molecule has 2 aliphatic rings.